The molecule has 14 heteroatoms. The second-order valence-corrected chi connectivity index (χ2v) is 14.8. The molecule has 3 aliphatic rings. The van der Waals surface area contributed by atoms with Crippen molar-refractivity contribution in [2.75, 3.05) is 13.7 Å². The van der Waals surface area contributed by atoms with Crippen LogP contribution in [0.3, 0.4) is 0 Å². The van der Waals surface area contributed by atoms with E-state index in [4.69, 9.17) is 18.4 Å². The number of ether oxygens (including phenoxy) is 3. The van der Waals surface area contributed by atoms with Crippen LogP contribution in [-0.2, 0) is 28.8 Å². The molecule has 2 saturated carbocycles. The lowest BCUT2D eigenvalue weighted by Gasteiger charge is -2.29. The molecular weight excluding hydrogens is 616 g/mol. The maximum absolute atomic E-state index is 13.9. The highest BCUT2D eigenvalue weighted by Crippen LogP contribution is 2.48. The van der Waals surface area contributed by atoms with Crippen LogP contribution in [0.15, 0.2) is 43.1 Å². The van der Waals surface area contributed by atoms with Gasteiger partial charge in [0, 0.05) is 23.9 Å². The van der Waals surface area contributed by atoms with Crippen molar-refractivity contribution in [1.82, 2.24) is 19.9 Å². The number of amides is 3. The van der Waals surface area contributed by atoms with Crippen molar-refractivity contribution >= 4 is 39.0 Å². The third-order valence-corrected chi connectivity index (χ3v) is 9.73. The number of likely N-dealkylation sites (tertiary alicyclic amines) is 1. The molecule has 1 aliphatic heterocycles. The van der Waals surface area contributed by atoms with E-state index in [1.807, 2.05) is 36.8 Å². The fraction of sp³-hybridized carbons (Fsp3) is 0.562. The zero-order chi connectivity index (χ0) is 33.7. The summed E-state index contributed by atoms with van der Waals surface area (Å²) in [6, 6.07) is 6.17. The Kier molecular flexibility index (Phi) is 8.75. The summed E-state index contributed by atoms with van der Waals surface area (Å²) >= 11 is 0. The highest BCUT2D eigenvalue weighted by atomic mass is 32.2. The molecule has 1 aromatic carbocycles. The Labute approximate surface area is 269 Å². The number of fused-ring (bicyclic) bond motifs is 1. The van der Waals surface area contributed by atoms with Gasteiger partial charge in [0.25, 0.3) is 5.91 Å². The summed E-state index contributed by atoms with van der Waals surface area (Å²) in [4.78, 5) is 46.3. The zero-order valence-electron chi connectivity index (χ0n) is 27.0. The van der Waals surface area contributed by atoms with Gasteiger partial charge < -0.3 is 19.5 Å². The topological polar surface area (TPSA) is 162 Å². The standard InChI is InChI=1S/C32H42N4O9S/c1-8-21-17-32(21,28(38)35-46(40,41)45-31(12-13-31)19(2)3)34-26(37)25-16-23(18-36(25)29(39)44-30(4,5)6)43-27-24-10-9-22(42-7)15-20(24)11-14-33-27/h8-11,14-15,19,21,23,25H,1,12-13,16-18H2,2-7H3,(H,34,37)(H,35,38). The van der Waals surface area contributed by atoms with E-state index in [1.54, 1.807) is 40.1 Å². The molecule has 4 unspecified atom stereocenters. The highest BCUT2D eigenvalue weighted by molar-refractivity contribution is 7.85. The Morgan fingerprint density at radius 3 is 2.48 bits per heavy atom. The van der Waals surface area contributed by atoms with Crippen LogP contribution in [0.1, 0.15) is 60.3 Å². The quantitative estimate of drug-likeness (QED) is 0.341. The summed E-state index contributed by atoms with van der Waals surface area (Å²) in [6.07, 6.45) is 3.00. The summed E-state index contributed by atoms with van der Waals surface area (Å²) in [5.74, 6) is -1.22. The summed E-state index contributed by atoms with van der Waals surface area (Å²) in [7, 11) is -2.89. The van der Waals surface area contributed by atoms with Crippen LogP contribution in [0.5, 0.6) is 11.6 Å². The Morgan fingerprint density at radius 2 is 1.89 bits per heavy atom. The first kappa shape index (κ1) is 33.5. The highest BCUT2D eigenvalue weighted by Gasteiger charge is 2.62. The molecule has 3 fully saturated rings. The number of benzene rings is 1. The number of nitrogens with one attached hydrogen (secondary N) is 2. The first-order valence-electron chi connectivity index (χ1n) is 15.3. The van der Waals surface area contributed by atoms with E-state index in [0.717, 1.165) is 10.8 Å². The molecule has 250 valence electrons. The molecule has 4 atom stereocenters. The molecule has 1 saturated heterocycles. The summed E-state index contributed by atoms with van der Waals surface area (Å²) in [6.45, 7) is 12.6. The molecule has 2 heterocycles. The van der Waals surface area contributed by atoms with Crippen molar-refractivity contribution < 1.29 is 41.2 Å². The number of nitrogens with zero attached hydrogens (tertiary/aromatic N) is 2. The van der Waals surface area contributed by atoms with Gasteiger partial charge in [0.15, 0.2) is 0 Å². The first-order valence-corrected chi connectivity index (χ1v) is 16.7. The molecule has 0 radical (unpaired) electrons. The van der Waals surface area contributed by atoms with Crippen LogP contribution in [0.2, 0.25) is 0 Å². The van der Waals surface area contributed by atoms with Crippen molar-refractivity contribution in [3.05, 3.63) is 43.1 Å². The third-order valence-electron chi connectivity index (χ3n) is 8.75. The molecule has 5 rings (SSSR count). The zero-order valence-corrected chi connectivity index (χ0v) is 27.8. The maximum Gasteiger partial charge on any atom is 0.411 e. The minimum atomic E-state index is -4.47. The van der Waals surface area contributed by atoms with Crippen molar-refractivity contribution in [3.63, 3.8) is 0 Å². The van der Waals surface area contributed by atoms with E-state index in [-0.39, 0.29) is 25.3 Å². The molecule has 0 spiro atoms. The van der Waals surface area contributed by atoms with E-state index in [2.05, 4.69) is 16.9 Å². The number of methoxy groups -OCH3 is 1. The van der Waals surface area contributed by atoms with E-state index < -0.39 is 63.0 Å². The summed E-state index contributed by atoms with van der Waals surface area (Å²) < 4.78 is 50.2. The Balaban J connectivity index is 1.35. The van der Waals surface area contributed by atoms with Crippen LogP contribution in [0.4, 0.5) is 4.79 Å². The first-order chi connectivity index (χ1) is 21.5. The van der Waals surface area contributed by atoms with Gasteiger partial charge in [-0.05, 0) is 75.6 Å². The van der Waals surface area contributed by atoms with Crippen molar-refractivity contribution in [2.45, 2.75) is 89.2 Å². The van der Waals surface area contributed by atoms with Crippen LogP contribution in [-0.4, -0.2) is 78.8 Å². The Morgan fingerprint density at radius 1 is 1.17 bits per heavy atom. The predicted octanol–water partition coefficient (Wildman–Crippen LogP) is 3.63. The molecule has 13 nitrogen and oxygen atoms in total. The largest absolute Gasteiger partial charge is 0.497 e. The SMILES string of the molecule is C=CC1CC1(NC(=O)C1CC(Oc2nccc3cc(OC)ccc23)CN1C(=O)OC(C)(C)C)C(=O)NS(=O)(=O)OC1(C(C)C)CC1. The monoisotopic (exact) mass is 658 g/mol. The van der Waals surface area contributed by atoms with Gasteiger partial charge in [-0.3, -0.25) is 14.5 Å². The second kappa shape index (κ2) is 12.0. The fourth-order valence-corrected chi connectivity index (χ4v) is 7.07. The van der Waals surface area contributed by atoms with Crippen molar-refractivity contribution in [2.24, 2.45) is 11.8 Å². The van der Waals surface area contributed by atoms with Gasteiger partial charge in [0.05, 0.1) is 19.3 Å². The summed E-state index contributed by atoms with van der Waals surface area (Å²) in [5.41, 5.74) is -3.28. The van der Waals surface area contributed by atoms with Crippen LogP contribution >= 0.6 is 0 Å². The fourth-order valence-electron chi connectivity index (χ4n) is 5.82. The number of rotatable bonds is 11. The van der Waals surface area contributed by atoms with Crippen LogP contribution in [0.25, 0.3) is 10.8 Å². The van der Waals surface area contributed by atoms with Gasteiger partial charge in [-0.1, -0.05) is 19.9 Å². The van der Waals surface area contributed by atoms with Crippen molar-refractivity contribution in [3.8, 4) is 11.6 Å². The number of carbonyl (C=O) groups excluding carboxylic acids is 3. The number of hydrogen-bond donors (Lipinski definition) is 2. The van der Waals surface area contributed by atoms with Crippen molar-refractivity contribution in [1.29, 1.82) is 0 Å². The minimum Gasteiger partial charge on any atom is -0.497 e. The smallest absolute Gasteiger partial charge is 0.411 e. The number of aromatic nitrogens is 1. The molecule has 2 N–H and O–H groups in total. The van der Waals surface area contributed by atoms with Gasteiger partial charge in [-0.15, -0.1) is 6.58 Å². The number of hydrogen-bond acceptors (Lipinski definition) is 10. The van der Waals surface area contributed by atoms with Gasteiger partial charge in [-0.25, -0.2) is 18.7 Å². The van der Waals surface area contributed by atoms with E-state index in [1.165, 1.54) is 11.0 Å². The second-order valence-electron chi connectivity index (χ2n) is 13.5. The lowest BCUT2D eigenvalue weighted by Crippen LogP contribution is -2.57. The van der Waals surface area contributed by atoms with E-state index >= 15 is 0 Å². The average molecular weight is 659 g/mol. The lowest BCUT2D eigenvalue weighted by atomic mass is 10.1. The average Bonchev–Trinajstić information content (AvgIpc) is 3.86. The minimum absolute atomic E-state index is 0.00477. The van der Waals surface area contributed by atoms with E-state index in [0.29, 0.717) is 24.5 Å². The number of carbonyl (C=O) groups is 3. The molecule has 2 aromatic rings. The van der Waals surface area contributed by atoms with E-state index in [9.17, 15) is 22.8 Å². The molecule has 3 amide bonds. The third kappa shape index (κ3) is 6.92. The van der Waals surface area contributed by atoms with Gasteiger partial charge in [0.1, 0.15) is 29.0 Å². The molecule has 2 aliphatic carbocycles. The molecule has 1 aromatic heterocycles. The molecule has 0 bridgehead atoms. The van der Waals surface area contributed by atoms with Gasteiger partial charge in [0.2, 0.25) is 11.8 Å². The van der Waals surface area contributed by atoms with Gasteiger partial charge in [-0.2, -0.15) is 8.42 Å². The molecular formula is C32H42N4O9S. The molecule has 46 heavy (non-hydrogen) atoms. The normalized spacial score (nSPS) is 25.1. The Hall–Kier alpha value is -3.91. The Bertz CT molecular complexity index is 1650. The lowest BCUT2D eigenvalue weighted by molar-refractivity contribution is -0.131. The van der Waals surface area contributed by atoms with Crippen LogP contribution < -0.4 is 19.5 Å². The maximum atomic E-state index is 13.9. The predicted molar refractivity (Wildman–Crippen MR) is 168 cm³/mol. The van der Waals surface area contributed by atoms with Gasteiger partial charge >= 0.3 is 16.4 Å². The van der Waals surface area contributed by atoms with Crippen LogP contribution in [0, 0.1) is 11.8 Å². The number of pyridine rings is 1. The summed E-state index contributed by atoms with van der Waals surface area (Å²) in [5, 5.41) is 4.28.